The molecule has 4 saturated carbocycles. The van der Waals surface area contributed by atoms with Gasteiger partial charge in [-0.3, -0.25) is 9.59 Å². The zero-order valence-electron chi connectivity index (χ0n) is 38.8. The number of carbonyl (C=O) groups excluding carboxylic acids is 2. The summed E-state index contributed by atoms with van der Waals surface area (Å²) in [6.45, 7) is 16.4. The summed E-state index contributed by atoms with van der Waals surface area (Å²) in [5.74, 6) is 1.34. The SMILES string of the molecule is CCCC(CC(O)C1OC1(C)C1CCCC1c1cccc(N)c1)C1=C2CCC3C4(C)CC(c5cccc(O)c5)C(=O)C5(C)CCCCC(C)(O)CNC(CC3(C)C2(C)CC1=O)C54. The Morgan fingerprint density at radius 2 is 1.66 bits per heavy atom. The van der Waals surface area contributed by atoms with Crippen molar-refractivity contribution in [1.29, 1.82) is 0 Å². The van der Waals surface area contributed by atoms with Gasteiger partial charge in [0.25, 0.3) is 0 Å². The van der Waals surface area contributed by atoms with Crippen molar-refractivity contribution in [2.45, 2.75) is 186 Å². The lowest BCUT2D eigenvalue weighted by Gasteiger charge is -2.71. The van der Waals surface area contributed by atoms with Crippen LogP contribution in [0.4, 0.5) is 5.69 Å². The number of nitrogens with one attached hydrogen (secondary N) is 1. The van der Waals surface area contributed by atoms with Gasteiger partial charge >= 0.3 is 0 Å². The fourth-order valence-electron chi connectivity index (χ4n) is 16.5. The summed E-state index contributed by atoms with van der Waals surface area (Å²) in [5, 5.41) is 38.4. The summed E-state index contributed by atoms with van der Waals surface area (Å²) in [5.41, 5.74) is 8.71. The van der Waals surface area contributed by atoms with Gasteiger partial charge in [-0.2, -0.15) is 0 Å². The smallest absolute Gasteiger partial charge is 0.160 e. The summed E-state index contributed by atoms with van der Waals surface area (Å²) in [6, 6.07) is 15.6. The lowest BCUT2D eigenvalue weighted by molar-refractivity contribution is -0.198. The average Bonchev–Trinajstić information content (AvgIpc) is 3.51. The molecule has 9 rings (SSSR count). The van der Waals surface area contributed by atoms with E-state index in [1.165, 1.54) is 11.1 Å². The van der Waals surface area contributed by atoms with E-state index in [2.05, 4.69) is 59.0 Å². The van der Waals surface area contributed by atoms with Crippen LogP contribution in [0.3, 0.4) is 0 Å². The van der Waals surface area contributed by atoms with Crippen molar-refractivity contribution in [3.63, 3.8) is 0 Å². The predicted octanol–water partition coefficient (Wildman–Crippen LogP) is 9.95. The molecule has 62 heavy (non-hydrogen) atoms. The minimum absolute atomic E-state index is 0.0232. The van der Waals surface area contributed by atoms with Gasteiger partial charge in [0.2, 0.25) is 0 Å². The summed E-state index contributed by atoms with van der Waals surface area (Å²) in [7, 11) is 0. The molecule has 0 spiro atoms. The Bertz CT molecular complexity index is 2110. The van der Waals surface area contributed by atoms with Crippen LogP contribution in [0.15, 0.2) is 59.7 Å². The van der Waals surface area contributed by atoms with Gasteiger partial charge in [-0.15, -0.1) is 0 Å². The third-order valence-corrected chi connectivity index (χ3v) is 19.4. The Labute approximate surface area is 371 Å². The van der Waals surface area contributed by atoms with Crippen molar-refractivity contribution in [2.75, 3.05) is 12.3 Å². The topological polar surface area (TPSA) is 145 Å². The normalized spacial score (nSPS) is 44.0. The number of ether oxygens (including phenoxy) is 1. The number of carbonyl (C=O) groups is 2. The van der Waals surface area contributed by atoms with E-state index in [4.69, 9.17) is 10.5 Å². The number of β-amino-alcohol motifs (C(OH)–C–C–N with tert-alkyl or cyclic N) is 1. The molecule has 6 N–H and O–H groups in total. The van der Waals surface area contributed by atoms with Crippen LogP contribution in [0.25, 0.3) is 0 Å². The van der Waals surface area contributed by atoms with Crippen molar-refractivity contribution in [3.8, 4) is 5.75 Å². The van der Waals surface area contributed by atoms with Crippen molar-refractivity contribution >= 4 is 17.3 Å². The molecule has 15 unspecified atom stereocenters. The molecule has 8 nitrogen and oxygen atoms in total. The highest BCUT2D eigenvalue weighted by atomic mass is 16.6. The minimum Gasteiger partial charge on any atom is -0.508 e. The average molecular weight is 849 g/mol. The number of benzene rings is 2. The summed E-state index contributed by atoms with van der Waals surface area (Å²) < 4.78 is 6.58. The Balaban J connectivity index is 1.05. The molecule has 2 heterocycles. The number of anilines is 1. The van der Waals surface area contributed by atoms with E-state index in [9.17, 15) is 20.1 Å². The van der Waals surface area contributed by atoms with Gasteiger partial charge in [0.05, 0.1) is 17.3 Å². The molecule has 8 heteroatoms. The Morgan fingerprint density at radius 3 is 2.40 bits per heavy atom. The standard InChI is InChI=1S/C54H76N2O6/c1-8-14-34(27-42(58)48-54(7,62-48)39-20-13-19-37(39)32-15-11-17-35(55)25-32)45-40-21-22-44-51(4)28-38(33-16-12-18-36(57)26-33)47(60)50(3)24-10-9-23-49(2,61)31-56-41(46(50)51)29-53(44,6)52(40,5)30-43(45)59/h11-12,15-18,25-26,34,37-39,41-42,44,46,48,56-58,61H,8-10,13-14,19-24,27-31,55H2,1-7H3. The largest absolute Gasteiger partial charge is 0.508 e. The van der Waals surface area contributed by atoms with E-state index in [0.717, 1.165) is 87.5 Å². The van der Waals surface area contributed by atoms with Crippen molar-refractivity contribution in [2.24, 2.45) is 45.3 Å². The summed E-state index contributed by atoms with van der Waals surface area (Å²) >= 11 is 0. The monoisotopic (exact) mass is 849 g/mol. The molecule has 15 atom stereocenters. The quantitative estimate of drug-likeness (QED) is 0.124. The maximum Gasteiger partial charge on any atom is 0.160 e. The number of Topliss-reactive ketones (excluding diaryl/α,β-unsaturated/α-hetero) is 2. The fourth-order valence-corrected chi connectivity index (χ4v) is 16.5. The van der Waals surface area contributed by atoms with Gasteiger partial charge in [0.1, 0.15) is 17.6 Å². The third-order valence-electron chi connectivity index (χ3n) is 19.4. The fraction of sp³-hybridized carbons (Fsp3) is 0.704. The number of allylic oxidation sites excluding steroid dienone is 2. The first-order valence-corrected chi connectivity index (χ1v) is 24.6. The van der Waals surface area contributed by atoms with Gasteiger partial charge in [-0.05, 0) is 159 Å². The highest BCUT2D eigenvalue weighted by Gasteiger charge is 2.72. The number of aliphatic hydroxyl groups excluding tert-OH is 1. The van der Waals surface area contributed by atoms with Gasteiger partial charge in [-0.25, -0.2) is 0 Å². The molecule has 0 aromatic heterocycles. The molecule has 2 aromatic carbocycles. The molecule has 7 aliphatic rings. The molecular weight excluding hydrogens is 773 g/mol. The van der Waals surface area contributed by atoms with Crippen LogP contribution in [0, 0.1) is 45.3 Å². The van der Waals surface area contributed by atoms with Gasteiger partial charge < -0.3 is 31.1 Å². The molecule has 338 valence electrons. The number of nitrogen functional groups attached to an aromatic ring is 1. The van der Waals surface area contributed by atoms with Crippen molar-refractivity contribution in [1.82, 2.24) is 5.32 Å². The first kappa shape index (κ1) is 44.2. The van der Waals surface area contributed by atoms with Crippen LogP contribution in [-0.4, -0.2) is 62.9 Å². The Hall–Kier alpha value is -3.04. The molecular formula is C54H76N2O6. The second-order valence-corrected chi connectivity index (χ2v) is 23.2. The lowest BCUT2D eigenvalue weighted by Crippen LogP contribution is -2.70. The highest BCUT2D eigenvalue weighted by molar-refractivity contribution is 6.01. The van der Waals surface area contributed by atoms with Gasteiger partial charge in [0.15, 0.2) is 5.78 Å². The number of aromatic hydroxyl groups is 1. The molecule has 2 aliphatic heterocycles. The molecule has 0 radical (unpaired) electrons. The van der Waals surface area contributed by atoms with E-state index in [1.807, 2.05) is 31.2 Å². The number of epoxide rings is 1. The van der Waals surface area contributed by atoms with Crippen LogP contribution in [-0.2, 0) is 14.3 Å². The van der Waals surface area contributed by atoms with Gasteiger partial charge in [0, 0.05) is 41.4 Å². The van der Waals surface area contributed by atoms with E-state index in [-0.39, 0.29) is 63.6 Å². The number of phenolic OH excluding ortho intramolecular Hbond substituents is 1. The highest BCUT2D eigenvalue weighted by Crippen LogP contribution is 2.75. The maximum atomic E-state index is 15.2. The van der Waals surface area contributed by atoms with Crippen LogP contribution in [0.5, 0.6) is 5.75 Å². The maximum absolute atomic E-state index is 15.2. The second kappa shape index (κ2) is 15.6. The number of ketones is 2. The van der Waals surface area contributed by atoms with Crippen LogP contribution >= 0.6 is 0 Å². The lowest BCUT2D eigenvalue weighted by atomic mass is 9.34. The second-order valence-electron chi connectivity index (χ2n) is 23.2. The zero-order valence-corrected chi connectivity index (χ0v) is 38.8. The number of phenols is 1. The molecule has 2 saturated heterocycles. The molecule has 0 amide bonds. The number of fused-ring (bicyclic) bond motifs is 4. The van der Waals surface area contributed by atoms with E-state index in [0.29, 0.717) is 49.8 Å². The number of rotatable bonds is 9. The number of aliphatic hydroxyl groups is 2. The third kappa shape index (κ3) is 6.88. The van der Waals surface area contributed by atoms with Crippen LogP contribution in [0.2, 0.25) is 0 Å². The Kier molecular flexibility index (Phi) is 11.1. The van der Waals surface area contributed by atoms with E-state index in [1.54, 1.807) is 12.1 Å². The van der Waals surface area contributed by atoms with Crippen molar-refractivity contribution < 1.29 is 29.6 Å². The molecule has 6 fully saturated rings. The Morgan fingerprint density at radius 1 is 0.919 bits per heavy atom. The first-order valence-electron chi connectivity index (χ1n) is 24.6. The number of nitrogens with two attached hydrogens (primary N) is 1. The predicted molar refractivity (Wildman–Crippen MR) is 244 cm³/mol. The molecule has 5 aliphatic carbocycles. The first-order chi connectivity index (χ1) is 29.3. The van der Waals surface area contributed by atoms with E-state index >= 15 is 4.79 Å². The van der Waals surface area contributed by atoms with Crippen molar-refractivity contribution in [3.05, 3.63) is 70.8 Å². The molecule has 2 aromatic rings. The molecule has 0 bridgehead atoms. The number of hydrogen-bond donors (Lipinski definition) is 5. The van der Waals surface area contributed by atoms with E-state index < -0.39 is 22.7 Å². The summed E-state index contributed by atoms with van der Waals surface area (Å²) in [4.78, 5) is 30.1. The number of hydrogen-bond acceptors (Lipinski definition) is 8. The summed E-state index contributed by atoms with van der Waals surface area (Å²) in [6.07, 6.45) is 11.7. The van der Waals surface area contributed by atoms with Crippen LogP contribution in [0.1, 0.15) is 168 Å². The van der Waals surface area contributed by atoms with Gasteiger partial charge in [-0.1, -0.05) is 90.1 Å². The van der Waals surface area contributed by atoms with Crippen LogP contribution < -0.4 is 11.1 Å². The zero-order chi connectivity index (χ0) is 44.2. The minimum atomic E-state index is -0.855.